The first kappa shape index (κ1) is 21.6. The molecule has 1 atom stereocenters. The number of hydrogen-bond donors (Lipinski definition) is 1. The zero-order chi connectivity index (χ0) is 23.0. The van der Waals surface area contributed by atoms with Crippen LogP contribution in [0, 0.1) is 12.7 Å². The Morgan fingerprint density at radius 2 is 1.75 bits per heavy atom. The number of ketones is 1. The van der Waals surface area contributed by atoms with Crippen molar-refractivity contribution in [1.82, 2.24) is 0 Å². The Morgan fingerprint density at radius 3 is 2.41 bits per heavy atom. The SMILES string of the molecule is COc1ccccc1C1/C(=C(\O)c2ccc(F)cc2)C(=O)C(=O)N1c1ccc(C)c(Cl)c1. The summed E-state index contributed by atoms with van der Waals surface area (Å²) < 4.78 is 18.9. The van der Waals surface area contributed by atoms with E-state index in [-0.39, 0.29) is 11.1 Å². The summed E-state index contributed by atoms with van der Waals surface area (Å²) in [5.41, 5.74) is 1.81. The first-order valence-electron chi connectivity index (χ1n) is 9.79. The Kier molecular flexibility index (Phi) is 5.72. The van der Waals surface area contributed by atoms with Crippen LogP contribution in [0.4, 0.5) is 10.1 Å². The lowest BCUT2D eigenvalue weighted by molar-refractivity contribution is -0.132. The van der Waals surface area contributed by atoms with Crippen molar-refractivity contribution >= 4 is 34.7 Å². The number of carbonyl (C=O) groups excluding carboxylic acids is 2. The molecule has 1 aliphatic rings. The third-order valence-electron chi connectivity index (χ3n) is 5.43. The second kappa shape index (κ2) is 8.48. The van der Waals surface area contributed by atoms with Crippen molar-refractivity contribution in [2.24, 2.45) is 0 Å². The summed E-state index contributed by atoms with van der Waals surface area (Å²) in [6, 6.07) is 16.0. The summed E-state index contributed by atoms with van der Waals surface area (Å²) >= 11 is 6.29. The van der Waals surface area contributed by atoms with Crippen LogP contribution in [0.25, 0.3) is 5.76 Å². The molecule has 0 aromatic heterocycles. The number of Topliss-reactive ketones (excluding diaryl/α,β-unsaturated/α-hetero) is 1. The fraction of sp³-hybridized carbons (Fsp3) is 0.120. The van der Waals surface area contributed by atoms with Crippen LogP contribution >= 0.6 is 11.6 Å². The van der Waals surface area contributed by atoms with Crippen molar-refractivity contribution in [3.05, 3.63) is 99.8 Å². The molecule has 1 saturated heterocycles. The zero-order valence-corrected chi connectivity index (χ0v) is 18.1. The minimum absolute atomic E-state index is 0.122. The van der Waals surface area contributed by atoms with Crippen LogP contribution in [0.5, 0.6) is 5.75 Å². The number of halogens is 2. The minimum Gasteiger partial charge on any atom is -0.507 e. The Hall–Kier alpha value is -3.64. The van der Waals surface area contributed by atoms with Gasteiger partial charge in [0.15, 0.2) is 0 Å². The number of methoxy groups -OCH3 is 1. The summed E-state index contributed by atoms with van der Waals surface area (Å²) in [5, 5.41) is 11.5. The van der Waals surface area contributed by atoms with Crippen LogP contribution < -0.4 is 9.64 Å². The molecule has 1 amide bonds. The molecule has 1 heterocycles. The molecule has 1 fully saturated rings. The van der Waals surface area contributed by atoms with Gasteiger partial charge in [0.1, 0.15) is 17.3 Å². The quantitative estimate of drug-likeness (QED) is 0.326. The molecule has 1 N–H and O–H groups in total. The van der Waals surface area contributed by atoms with E-state index in [4.69, 9.17) is 16.3 Å². The van der Waals surface area contributed by atoms with E-state index in [0.29, 0.717) is 22.0 Å². The molecule has 0 bridgehead atoms. The minimum atomic E-state index is -0.977. The highest BCUT2D eigenvalue weighted by Crippen LogP contribution is 2.45. The van der Waals surface area contributed by atoms with Crippen molar-refractivity contribution in [1.29, 1.82) is 0 Å². The summed E-state index contributed by atoms with van der Waals surface area (Å²) in [6.45, 7) is 1.83. The molecular weight excluding hydrogens is 433 g/mol. The third-order valence-corrected chi connectivity index (χ3v) is 5.84. The number of aliphatic hydroxyl groups excluding tert-OH is 1. The predicted molar refractivity (Wildman–Crippen MR) is 120 cm³/mol. The number of ether oxygens (including phenoxy) is 1. The largest absolute Gasteiger partial charge is 0.507 e. The lowest BCUT2D eigenvalue weighted by Crippen LogP contribution is -2.29. The summed E-state index contributed by atoms with van der Waals surface area (Å²) in [4.78, 5) is 27.6. The Balaban J connectivity index is 1.99. The van der Waals surface area contributed by atoms with Crippen LogP contribution in [-0.4, -0.2) is 23.9 Å². The lowest BCUT2D eigenvalue weighted by atomic mass is 9.94. The number of amides is 1. The summed E-state index contributed by atoms with van der Waals surface area (Å²) in [6.07, 6.45) is 0. The molecule has 0 saturated carbocycles. The maximum Gasteiger partial charge on any atom is 0.300 e. The van der Waals surface area contributed by atoms with Gasteiger partial charge in [0.2, 0.25) is 0 Å². The number of rotatable bonds is 4. The molecule has 4 rings (SSSR count). The lowest BCUT2D eigenvalue weighted by Gasteiger charge is -2.27. The molecular formula is C25H19ClFNO4. The molecule has 0 radical (unpaired) electrons. The average molecular weight is 452 g/mol. The topological polar surface area (TPSA) is 66.8 Å². The van der Waals surface area contributed by atoms with Gasteiger partial charge in [-0.3, -0.25) is 14.5 Å². The van der Waals surface area contributed by atoms with Crippen LogP contribution in [0.3, 0.4) is 0 Å². The predicted octanol–water partition coefficient (Wildman–Crippen LogP) is 5.42. The number of anilines is 1. The highest BCUT2D eigenvalue weighted by Gasteiger charge is 2.48. The van der Waals surface area contributed by atoms with Gasteiger partial charge < -0.3 is 9.84 Å². The van der Waals surface area contributed by atoms with Crippen LogP contribution in [0.1, 0.15) is 22.7 Å². The van der Waals surface area contributed by atoms with Crippen molar-refractivity contribution in [3.63, 3.8) is 0 Å². The number of carbonyl (C=O) groups is 2. The maximum absolute atomic E-state index is 13.4. The van der Waals surface area contributed by atoms with Gasteiger partial charge >= 0.3 is 0 Å². The highest BCUT2D eigenvalue weighted by atomic mass is 35.5. The van der Waals surface area contributed by atoms with Crippen molar-refractivity contribution in [2.75, 3.05) is 12.0 Å². The van der Waals surface area contributed by atoms with Gasteiger partial charge in [-0.05, 0) is 55.0 Å². The summed E-state index contributed by atoms with van der Waals surface area (Å²) in [5.74, 6) is -2.13. The van der Waals surface area contributed by atoms with Crippen LogP contribution in [0.15, 0.2) is 72.3 Å². The number of nitrogens with zero attached hydrogens (tertiary/aromatic N) is 1. The first-order chi connectivity index (χ1) is 15.3. The van der Waals surface area contributed by atoms with Crippen LogP contribution in [-0.2, 0) is 9.59 Å². The second-order valence-electron chi connectivity index (χ2n) is 7.35. The van der Waals surface area contributed by atoms with E-state index in [1.807, 2.05) is 6.92 Å². The molecule has 1 aliphatic heterocycles. The van der Waals surface area contributed by atoms with E-state index >= 15 is 0 Å². The third kappa shape index (κ3) is 3.63. The number of hydrogen-bond acceptors (Lipinski definition) is 4. The van der Waals surface area contributed by atoms with Gasteiger partial charge in [-0.15, -0.1) is 0 Å². The van der Waals surface area contributed by atoms with E-state index < -0.39 is 29.3 Å². The Labute approximate surface area is 189 Å². The highest BCUT2D eigenvalue weighted by molar-refractivity contribution is 6.52. The molecule has 3 aromatic rings. The van der Waals surface area contributed by atoms with Crippen molar-refractivity contribution in [3.8, 4) is 5.75 Å². The fourth-order valence-corrected chi connectivity index (χ4v) is 3.96. The standard InChI is InChI=1S/C25H19ClFNO4/c1-14-7-12-17(13-19(14)26)28-22(18-5-3-4-6-20(18)32-2)21(24(30)25(28)31)23(29)15-8-10-16(27)11-9-15/h3-13,22,29H,1-2H3/b23-21+. The van der Waals surface area contributed by atoms with E-state index in [1.54, 1.807) is 42.5 Å². The van der Waals surface area contributed by atoms with Crippen molar-refractivity contribution < 1.29 is 23.8 Å². The van der Waals surface area contributed by atoms with Gasteiger partial charge in [0.05, 0.1) is 18.7 Å². The molecule has 7 heteroatoms. The van der Waals surface area contributed by atoms with Gasteiger partial charge in [-0.25, -0.2) is 4.39 Å². The van der Waals surface area contributed by atoms with Gasteiger partial charge in [0.25, 0.3) is 11.7 Å². The van der Waals surface area contributed by atoms with E-state index in [2.05, 4.69) is 0 Å². The number of para-hydroxylation sites is 1. The number of aliphatic hydroxyl groups is 1. The van der Waals surface area contributed by atoms with E-state index in [1.165, 1.54) is 36.3 Å². The summed E-state index contributed by atoms with van der Waals surface area (Å²) in [7, 11) is 1.48. The average Bonchev–Trinajstić information content (AvgIpc) is 3.06. The second-order valence-corrected chi connectivity index (χ2v) is 7.76. The Morgan fingerprint density at radius 1 is 1.06 bits per heavy atom. The normalized spacial score (nSPS) is 17.6. The molecule has 5 nitrogen and oxygen atoms in total. The monoisotopic (exact) mass is 451 g/mol. The Bertz CT molecular complexity index is 1250. The van der Waals surface area contributed by atoms with E-state index in [0.717, 1.165) is 5.56 Å². The van der Waals surface area contributed by atoms with Crippen LogP contribution in [0.2, 0.25) is 5.02 Å². The van der Waals surface area contributed by atoms with Crippen molar-refractivity contribution in [2.45, 2.75) is 13.0 Å². The fourth-order valence-electron chi connectivity index (χ4n) is 3.78. The molecule has 3 aromatic carbocycles. The van der Waals surface area contributed by atoms with Gasteiger partial charge in [0, 0.05) is 21.8 Å². The first-order valence-corrected chi connectivity index (χ1v) is 10.2. The van der Waals surface area contributed by atoms with E-state index in [9.17, 15) is 19.1 Å². The number of benzene rings is 3. The van der Waals surface area contributed by atoms with Gasteiger partial charge in [-0.2, -0.15) is 0 Å². The van der Waals surface area contributed by atoms with Gasteiger partial charge in [-0.1, -0.05) is 35.9 Å². The molecule has 162 valence electrons. The molecule has 1 unspecified atom stereocenters. The smallest absolute Gasteiger partial charge is 0.300 e. The molecule has 0 spiro atoms. The maximum atomic E-state index is 13.4. The molecule has 0 aliphatic carbocycles. The molecule has 32 heavy (non-hydrogen) atoms. The zero-order valence-electron chi connectivity index (χ0n) is 17.3. The number of aryl methyl sites for hydroxylation is 1.